The van der Waals surface area contributed by atoms with E-state index in [0.717, 1.165) is 11.4 Å². The quantitative estimate of drug-likeness (QED) is 0.301. The van der Waals surface area contributed by atoms with Crippen molar-refractivity contribution in [2.45, 2.75) is 89.7 Å². The fourth-order valence-electron chi connectivity index (χ4n) is 5.21. The Morgan fingerprint density at radius 3 is 2.40 bits per heavy atom. The van der Waals surface area contributed by atoms with E-state index in [1.54, 1.807) is 11.8 Å². The molecule has 2 aliphatic rings. The topological polar surface area (TPSA) is 153 Å². The van der Waals surface area contributed by atoms with E-state index < -0.39 is 17.6 Å². The molecule has 0 radical (unpaired) electrons. The van der Waals surface area contributed by atoms with E-state index in [1.165, 1.54) is 0 Å². The molecule has 11 nitrogen and oxygen atoms in total. The van der Waals surface area contributed by atoms with Crippen molar-refractivity contribution in [2.24, 2.45) is 11.8 Å². The zero-order chi connectivity index (χ0) is 30.5. The molecule has 1 aromatic rings. The molecule has 42 heavy (non-hydrogen) atoms. The molecule has 3 rings (SSSR count). The zero-order valence-electron chi connectivity index (χ0n) is 25.5. The average molecular weight is 604 g/mol. The summed E-state index contributed by atoms with van der Waals surface area (Å²) >= 11 is 1.68. The van der Waals surface area contributed by atoms with Gasteiger partial charge in [-0.1, -0.05) is 40.2 Å². The lowest BCUT2D eigenvalue weighted by molar-refractivity contribution is -0.138. The molecule has 1 saturated heterocycles. The maximum atomic E-state index is 13.8. The van der Waals surface area contributed by atoms with Gasteiger partial charge >= 0.3 is 0 Å². The SMILES string of the molecule is CC[C@H](C)[C@@H]1NC(=O)C(CC(C)C)NC(=O)C2(CCNCC2)NC(=O)CCNCc2cccc(n2)CSCCNC1=O. The van der Waals surface area contributed by atoms with E-state index in [2.05, 4.69) is 31.9 Å². The molecule has 0 saturated carbocycles. The Kier molecular flexibility index (Phi) is 13.5. The van der Waals surface area contributed by atoms with Gasteiger partial charge in [0.2, 0.25) is 23.6 Å². The summed E-state index contributed by atoms with van der Waals surface area (Å²) in [5.74, 6) is 0.224. The third-order valence-corrected chi connectivity index (χ3v) is 8.88. The fraction of sp³-hybridized carbons (Fsp3) is 0.700. The van der Waals surface area contributed by atoms with Crippen LogP contribution in [0.1, 0.15) is 71.2 Å². The maximum Gasteiger partial charge on any atom is 0.246 e. The third kappa shape index (κ3) is 10.2. The molecule has 12 heteroatoms. The number of amides is 4. The van der Waals surface area contributed by atoms with E-state index in [-0.39, 0.29) is 41.9 Å². The highest BCUT2D eigenvalue weighted by Gasteiger charge is 2.42. The van der Waals surface area contributed by atoms with Gasteiger partial charge in [0.15, 0.2) is 0 Å². The number of piperidine rings is 1. The van der Waals surface area contributed by atoms with Crippen molar-refractivity contribution in [3.63, 3.8) is 0 Å². The van der Waals surface area contributed by atoms with E-state index in [0.29, 0.717) is 69.9 Å². The first kappa shape index (κ1) is 33.8. The number of hydrogen-bond acceptors (Lipinski definition) is 8. The Bertz CT molecular complexity index is 1060. The second-order valence-corrected chi connectivity index (χ2v) is 12.9. The predicted octanol–water partition coefficient (Wildman–Crippen LogP) is 1.22. The molecule has 4 amide bonds. The van der Waals surface area contributed by atoms with Gasteiger partial charge in [-0.05, 0) is 56.3 Å². The Morgan fingerprint density at radius 1 is 0.952 bits per heavy atom. The number of pyridine rings is 1. The standard InChI is InChI=1S/C30H49N7O4S/c1-5-21(4)26-28(40)33-15-16-42-19-23-8-6-7-22(34-23)18-32-12-9-25(38)37-30(10-13-31-14-11-30)29(41)35-24(17-20(2)3)27(39)36-26/h6-8,20-21,24,26,31-32H,5,9-19H2,1-4H3,(H,33,40)(H,35,41)(H,36,39)(H,37,38)/t21-,24?,26-/m0/s1. The van der Waals surface area contributed by atoms with Crippen LogP contribution in [0.5, 0.6) is 0 Å². The average Bonchev–Trinajstić information content (AvgIpc) is 2.97. The first-order chi connectivity index (χ1) is 20.1. The number of carbonyl (C=O) groups is 4. The van der Waals surface area contributed by atoms with Gasteiger partial charge in [-0.2, -0.15) is 11.8 Å². The summed E-state index contributed by atoms with van der Waals surface area (Å²) in [7, 11) is 0. The lowest BCUT2D eigenvalue weighted by Crippen LogP contribution is -2.65. The molecule has 1 aromatic heterocycles. The molecule has 2 bridgehead atoms. The third-order valence-electron chi connectivity index (χ3n) is 7.89. The van der Waals surface area contributed by atoms with E-state index >= 15 is 0 Å². The summed E-state index contributed by atoms with van der Waals surface area (Å²) in [6.45, 7) is 10.5. The van der Waals surface area contributed by atoms with Crippen molar-refractivity contribution in [3.05, 3.63) is 29.6 Å². The van der Waals surface area contributed by atoms with Crippen molar-refractivity contribution >= 4 is 35.4 Å². The molecule has 3 atom stereocenters. The Morgan fingerprint density at radius 2 is 1.69 bits per heavy atom. The predicted molar refractivity (Wildman–Crippen MR) is 165 cm³/mol. The number of aromatic nitrogens is 1. The number of rotatable bonds is 4. The van der Waals surface area contributed by atoms with Gasteiger partial charge in [-0.25, -0.2) is 0 Å². The summed E-state index contributed by atoms with van der Waals surface area (Å²) in [5.41, 5.74) is 0.724. The fourth-order valence-corrected chi connectivity index (χ4v) is 5.97. The van der Waals surface area contributed by atoms with Crippen molar-refractivity contribution < 1.29 is 19.2 Å². The summed E-state index contributed by atoms with van der Waals surface area (Å²) in [4.78, 5) is 58.4. The minimum atomic E-state index is -1.12. The molecule has 1 fully saturated rings. The van der Waals surface area contributed by atoms with E-state index in [4.69, 9.17) is 4.98 Å². The molecular formula is C30H49N7O4S. The van der Waals surface area contributed by atoms with Gasteiger partial charge in [0.05, 0.1) is 11.4 Å². The highest BCUT2D eigenvalue weighted by atomic mass is 32.2. The van der Waals surface area contributed by atoms with Gasteiger partial charge in [0.25, 0.3) is 0 Å². The second kappa shape index (κ2) is 16.8. The second-order valence-electron chi connectivity index (χ2n) is 11.8. The molecule has 1 spiro atoms. The normalized spacial score (nSPS) is 24.4. The van der Waals surface area contributed by atoms with Crippen LogP contribution in [0.4, 0.5) is 0 Å². The molecule has 0 aliphatic carbocycles. The number of carbonyl (C=O) groups excluding carboxylic acids is 4. The van der Waals surface area contributed by atoms with Crippen molar-refractivity contribution in [2.75, 3.05) is 31.9 Å². The van der Waals surface area contributed by atoms with Crippen LogP contribution in [-0.4, -0.2) is 78.2 Å². The van der Waals surface area contributed by atoms with Crippen LogP contribution >= 0.6 is 11.8 Å². The first-order valence-corrected chi connectivity index (χ1v) is 16.4. The van der Waals surface area contributed by atoms with Crippen LogP contribution in [0.15, 0.2) is 18.2 Å². The smallest absolute Gasteiger partial charge is 0.246 e. The number of fused-ring (bicyclic) bond motifs is 2. The summed E-state index contributed by atoms with van der Waals surface area (Å²) in [5, 5.41) is 18.4. The molecule has 3 heterocycles. The molecule has 234 valence electrons. The molecule has 1 unspecified atom stereocenters. The van der Waals surface area contributed by atoms with Gasteiger partial charge in [0, 0.05) is 37.6 Å². The minimum Gasteiger partial charge on any atom is -0.353 e. The molecule has 2 aliphatic heterocycles. The lowest BCUT2D eigenvalue weighted by atomic mass is 9.86. The van der Waals surface area contributed by atoms with Crippen LogP contribution in [0.3, 0.4) is 0 Å². The highest BCUT2D eigenvalue weighted by Crippen LogP contribution is 2.21. The minimum absolute atomic E-state index is 0.0989. The number of hydrogen-bond donors (Lipinski definition) is 6. The Labute approximate surface area is 254 Å². The van der Waals surface area contributed by atoms with Crippen LogP contribution < -0.4 is 31.9 Å². The van der Waals surface area contributed by atoms with Crippen molar-refractivity contribution in [1.82, 2.24) is 36.9 Å². The summed E-state index contributed by atoms with van der Waals surface area (Å²) in [6.07, 6.45) is 2.15. The van der Waals surface area contributed by atoms with Gasteiger partial charge < -0.3 is 31.9 Å². The van der Waals surface area contributed by atoms with Crippen molar-refractivity contribution in [1.29, 1.82) is 0 Å². The van der Waals surface area contributed by atoms with Gasteiger partial charge in [-0.3, -0.25) is 24.2 Å². The van der Waals surface area contributed by atoms with Crippen LogP contribution in [0.25, 0.3) is 0 Å². The van der Waals surface area contributed by atoms with Gasteiger partial charge in [0.1, 0.15) is 17.6 Å². The molecule has 0 aromatic carbocycles. The maximum absolute atomic E-state index is 13.8. The van der Waals surface area contributed by atoms with Crippen LogP contribution in [-0.2, 0) is 31.5 Å². The van der Waals surface area contributed by atoms with Gasteiger partial charge in [-0.15, -0.1) is 0 Å². The highest BCUT2D eigenvalue weighted by molar-refractivity contribution is 7.98. The van der Waals surface area contributed by atoms with E-state index in [9.17, 15) is 19.2 Å². The zero-order valence-corrected chi connectivity index (χ0v) is 26.3. The number of nitrogens with one attached hydrogen (secondary N) is 6. The monoisotopic (exact) mass is 603 g/mol. The summed E-state index contributed by atoms with van der Waals surface area (Å²) in [6, 6.07) is 4.34. The Balaban J connectivity index is 1.84. The van der Waals surface area contributed by atoms with Crippen LogP contribution in [0, 0.1) is 11.8 Å². The van der Waals surface area contributed by atoms with Crippen LogP contribution in [0.2, 0.25) is 0 Å². The molecular weight excluding hydrogens is 554 g/mol. The first-order valence-electron chi connectivity index (χ1n) is 15.3. The largest absolute Gasteiger partial charge is 0.353 e. The lowest BCUT2D eigenvalue weighted by Gasteiger charge is -2.38. The summed E-state index contributed by atoms with van der Waals surface area (Å²) < 4.78 is 0. The van der Waals surface area contributed by atoms with E-state index in [1.807, 2.05) is 45.9 Å². The number of nitrogens with zero attached hydrogens (tertiary/aromatic N) is 1. The molecule has 6 N–H and O–H groups in total. The van der Waals surface area contributed by atoms with Crippen molar-refractivity contribution in [3.8, 4) is 0 Å². The number of thioether (sulfide) groups is 1. The Hall–Kier alpha value is -2.70.